The van der Waals surface area contributed by atoms with Gasteiger partial charge in [-0.2, -0.15) is 8.78 Å². The highest BCUT2D eigenvalue weighted by molar-refractivity contribution is 7.99. The number of amides is 1. The maximum absolute atomic E-state index is 12.6. The molecule has 1 aliphatic heterocycles. The monoisotopic (exact) mass is 343 g/mol. The number of aliphatic carboxylic acids is 1. The van der Waals surface area contributed by atoms with Crippen molar-refractivity contribution in [3.8, 4) is 0 Å². The molecule has 1 amide bonds. The Kier molecular flexibility index (Phi) is 6.38. The van der Waals surface area contributed by atoms with E-state index in [1.54, 1.807) is 17.0 Å². The van der Waals surface area contributed by atoms with Gasteiger partial charge in [-0.1, -0.05) is 11.8 Å². The molecule has 0 aliphatic carbocycles. The lowest BCUT2D eigenvalue weighted by Gasteiger charge is -2.35. The number of benzene rings is 1. The Hall–Kier alpha value is -1.63. The smallest absolute Gasteiger partial charge is 0.303 e. The number of alkyl halides is 2. The molecule has 2 rings (SSSR count). The molecule has 126 valence electrons. The van der Waals surface area contributed by atoms with Crippen LogP contribution in [-0.2, 0) is 4.79 Å². The lowest BCUT2D eigenvalue weighted by atomic mass is 9.97. The zero-order valence-corrected chi connectivity index (χ0v) is 13.4. The topological polar surface area (TPSA) is 57.6 Å². The lowest BCUT2D eigenvalue weighted by Crippen LogP contribution is -2.43. The van der Waals surface area contributed by atoms with Crippen LogP contribution >= 0.6 is 11.8 Å². The summed E-state index contributed by atoms with van der Waals surface area (Å²) in [7, 11) is 0. The average molecular weight is 343 g/mol. The molecule has 1 heterocycles. The summed E-state index contributed by atoms with van der Waals surface area (Å²) >= 11 is 0.443. The average Bonchev–Trinajstić information content (AvgIpc) is 2.52. The summed E-state index contributed by atoms with van der Waals surface area (Å²) in [4.78, 5) is 25.5. The molecule has 1 fully saturated rings. The first-order valence-electron chi connectivity index (χ1n) is 7.55. The van der Waals surface area contributed by atoms with Gasteiger partial charge in [-0.25, -0.2) is 0 Å². The highest BCUT2D eigenvalue weighted by atomic mass is 32.2. The molecule has 4 nitrogen and oxygen atoms in total. The summed E-state index contributed by atoms with van der Waals surface area (Å²) in [5.74, 6) is -3.51. The van der Waals surface area contributed by atoms with Gasteiger partial charge in [-0.3, -0.25) is 9.59 Å². The second-order valence-corrected chi connectivity index (χ2v) is 6.55. The molecule has 1 aromatic carbocycles. The molecule has 0 bridgehead atoms. The van der Waals surface area contributed by atoms with E-state index in [-0.39, 0.29) is 18.4 Å². The zero-order valence-electron chi connectivity index (χ0n) is 12.6. The van der Waals surface area contributed by atoms with Crippen molar-refractivity contribution in [3.63, 3.8) is 0 Å². The highest BCUT2D eigenvalue weighted by Gasteiger charge is 2.27. The molecule has 23 heavy (non-hydrogen) atoms. The number of likely N-dealkylation sites (tertiary alicyclic amines) is 1. The van der Waals surface area contributed by atoms with E-state index in [2.05, 4.69) is 0 Å². The fourth-order valence-corrected chi connectivity index (χ4v) is 3.30. The van der Waals surface area contributed by atoms with Crippen LogP contribution in [0.15, 0.2) is 29.2 Å². The zero-order chi connectivity index (χ0) is 16.8. The molecular formula is C16H19F2NO3S. The van der Waals surface area contributed by atoms with Crippen molar-refractivity contribution in [3.05, 3.63) is 29.8 Å². The largest absolute Gasteiger partial charge is 0.481 e. The van der Waals surface area contributed by atoms with Gasteiger partial charge in [0.1, 0.15) is 0 Å². The summed E-state index contributed by atoms with van der Waals surface area (Å²) in [6.45, 7) is 0.608. The fraction of sp³-hybridized carbons (Fsp3) is 0.500. The SMILES string of the molecule is O=C(O)CCC1CCCCN1C(=O)c1ccc(SC(F)F)cc1. The number of carboxylic acids is 1. The number of piperidine rings is 1. The van der Waals surface area contributed by atoms with Crippen LogP contribution in [-0.4, -0.2) is 40.2 Å². The van der Waals surface area contributed by atoms with E-state index in [9.17, 15) is 18.4 Å². The Morgan fingerprint density at radius 1 is 1.26 bits per heavy atom. The van der Waals surface area contributed by atoms with Crippen molar-refractivity contribution in [2.24, 2.45) is 0 Å². The van der Waals surface area contributed by atoms with Gasteiger partial charge in [0.25, 0.3) is 11.7 Å². The van der Waals surface area contributed by atoms with Crippen molar-refractivity contribution < 1.29 is 23.5 Å². The molecule has 1 N–H and O–H groups in total. The maximum Gasteiger partial charge on any atom is 0.303 e. The van der Waals surface area contributed by atoms with Gasteiger partial charge in [0, 0.05) is 29.5 Å². The normalized spacial score (nSPS) is 18.2. The Morgan fingerprint density at radius 2 is 1.96 bits per heavy atom. The first-order chi connectivity index (χ1) is 11.0. The first-order valence-corrected chi connectivity index (χ1v) is 8.43. The number of nitrogens with zero attached hydrogens (tertiary/aromatic N) is 1. The molecule has 1 saturated heterocycles. The quantitative estimate of drug-likeness (QED) is 0.797. The van der Waals surface area contributed by atoms with E-state index in [4.69, 9.17) is 5.11 Å². The molecule has 1 aliphatic rings. The molecule has 0 spiro atoms. The molecule has 1 atom stereocenters. The number of hydrogen-bond acceptors (Lipinski definition) is 3. The molecular weight excluding hydrogens is 324 g/mol. The van der Waals surface area contributed by atoms with Crippen molar-refractivity contribution in [2.75, 3.05) is 6.54 Å². The molecule has 1 aromatic rings. The third kappa shape index (κ3) is 5.20. The number of carbonyl (C=O) groups is 2. The van der Waals surface area contributed by atoms with Crippen LogP contribution in [0.5, 0.6) is 0 Å². The second kappa shape index (κ2) is 8.29. The molecule has 7 heteroatoms. The summed E-state index contributed by atoms with van der Waals surface area (Å²) in [5, 5.41) is 8.82. The number of halogens is 2. The Bertz CT molecular complexity index is 551. The van der Waals surface area contributed by atoms with Crippen LogP contribution in [0.4, 0.5) is 8.78 Å². The first kappa shape index (κ1) is 17.7. The Labute approximate surface area is 137 Å². The molecule has 0 saturated carbocycles. The number of hydrogen-bond donors (Lipinski definition) is 1. The van der Waals surface area contributed by atoms with Crippen LogP contribution in [0.3, 0.4) is 0 Å². The lowest BCUT2D eigenvalue weighted by molar-refractivity contribution is -0.137. The van der Waals surface area contributed by atoms with Gasteiger partial charge in [0.2, 0.25) is 0 Å². The Balaban J connectivity index is 2.05. The summed E-state index contributed by atoms with van der Waals surface area (Å²) in [6.07, 6.45) is 3.17. The van der Waals surface area contributed by atoms with Gasteiger partial charge < -0.3 is 10.0 Å². The molecule has 0 aromatic heterocycles. The van der Waals surface area contributed by atoms with Crippen LogP contribution in [0.1, 0.15) is 42.5 Å². The number of thioether (sulfide) groups is 1. The second-order valence-electron chi connectivity index (χ2n) is 5.48. The van der Waals surface area contributed by atoms with Crippen molar-refractivity contribution in [2.45, 2.75) is 48.8 Å². The van der Waals surface area contributed by atoms with E-state index in [1.807, 2.05) is 0 Å². The maximum atomic E-state index is 12.6. The minimum atomic E-state index is -2.49. The van der Waals surface area contributed by atoms with E-state index >= 15 is 0 Å². The van der Waals surface area contributed by atoms with Gasteiger partial charge in [-0.15, -0.1) is 0 Å². The number of carboxylic acid groups (broad SMARTS) is 1. The van der Waals surface area contributed by atoms with Crippen LogP contribution in [0.25, 0.3) is 0 Å². The minimum absolute atomic E-state index is 0.0401. The minimum Gasteiger partial charge on any atom is -0.481 e. The van der Waals surface area contributed by atoms with E-state index in [0.29, 0.717) is 35.2 Å². The van der Waals surface area contributed by atoms with Crippen LogP contribution in [0, 0.1) is 0 Å². The standard InChI is InChI=1S/C16H19F2NO3S/c17-16(18)23-13-7-4-11(5-8-13)15(22)19-10-2-1-3-12(19)6-9-14(20)21/h4-5,7-8,12,16H,1-3,6,9-10H2,(H,20,21). The predicted octanol–water partition coefficient (Wildman–Crippen LogP) is 3.86. The van der Waals surface area contributed by atoms with Crippen LogP contribution in [0.2, 0.25) is 0 Å². The van der Waals surface area contributed by atoms with Gasteiger partial charge in [0.15, 0.2) is 0 Å². The van der Waals surface area contributed by atoms with Crippen molar-refractivity contribution >= 4 is 23.6 Å². The van der Waals surface area contributed by atoms with Gasteiger partial charge in [-0.05, 0) is 49.9 Å². The van der Waals surface area contributed by atoms with Crippen molar-refractivity contribution in [1.29, 1.82) is 0 Å². The number of rotatable bonds is 6. The third-order valence-electron chi connectivity index (χ3n) is 3.91. The fourth-order valence-electron chi connectivity index (χ4n) is 2.80. The third-order valence-corrected chi connectivity index (χ3v) is 4.63. The van der Waals surface area contributed by atoms with E-state index in [1.165, 1.54) is 12.1 Å². The Morgan fingerprint density at radius 3 is 2.57 bits per heavy atom. The number of carbonyl (C=O) groups excluding carboxylic acids is 1. The van der Waals surface area contributed by atoms with E-state index < -0.39 is 11.7 Å². The summed E-state index contributed by atoms with van der Waals surface area (Å²) < 4.78 is 24.6. The van der Waals surface area contributed by atoms with Crippen molar-refractivity contribution in [1.82, 2.24) is 4.90 Å². The highest BCUT2D eigenvalue weighted by Crippen LogP contribution is 2.27. The summed E-state index contributed by atoms with van der Waals surface area (Å²) in [5.41, 5.74) is 0.450. The summed E-state index contributed by atoms with van der Waals surface area (Å²) in [6, 6.07) is 6.06. The molecule has 1 unspecified atom stereocenters. The van der Waals surface area contributed by atoms with Gasteiger partial charge in [0.05, 0.1) is 0 Å². The molecule has 0 radical (unpaired) electrons. The predicted molar refractivity (Wildman–Crippen MR) is 83.8 cm³/mol. The van der Waals surface area contributed by atoms with E-state index in [0.717, 1.165) is 19.3 Å². The van der Waals surface area contributed by atoms with Gasteiger partial charge >= 0.3 is 5.97 Å². The van der Waals surface area contributed by atoms with Crippen LogP contribution < -0.4 is 0 Å².